The maximum Gasteiger partial charge on any atom is 0.231 e. The largest absolute Gasteiger partial charge is 0.311 e. The summed E-state index contributed by atoms with van der Waals surface area (Å²) in [5.41, 5.74) is 1.10. The lowest BCUT2D eigenvalue weighted by atomic mass is 10.0. The fourth-order valence-corrected chi connectivity index (χ4v) is 4.05. The lowest BCUT2D eigenvalue weighted by Gasteiger charge is -2.20. The molecule has 0 spiro atoms. The van der Waals surface area contributed by atoms with Crippen LogP contribution in [-0.2, 0) is 4.79 Å². The molecule has 1 aliphatic carbocycles. The van der Waals surface area contributed by atoms with Crippen molar-refractivity contribution in [2.75, 3.05) is 31.1 Å². The van der Waals surface area contributed by atoms with Crippen molar-refractivity contribution >= 4 is 22.9 Å². The van der Waals surface area contributed by atoms with Gasteiger partial charge in [-0.05, 0) is 30.2 Å². The van der Waals surface area contributed by atoms with Gasteiger partial charge in [-0.2, -0.15) is 11.3 Å². The molecule has 3 fully saturated rings. The molecule has 18 heavy (non-hydrogen) atoms. The summed E-state index contributed by atoms with van der Waals surface area (Å²) in [4.78, 5) is 17.0. The highest BCUT2D eigenvalue weighted by Gasteiger charge is 2.47. The predicted octanol–water partition coefficient (Wildman–Crippen LogP) is 2.05. The molecule has 0 unspecified atom stereocenters. The van der Waals surface area contributed by atoms with Crippen molar-refractivity contribution in [2.45, 2.75) is 12.8 Å². The van der Waals surface area contributed by atoms with E-state index in [4.69, 9.17) is 0 Å². The first-order valence-corrected chi connectivity index (χ1v) is 7.81. The molecule has 3 aliphatic rings. The van der Waals surface area contributed by atoms with Crippen molar-refractivity contribution in [3.63, 3.8) is 0 Å². The Kier molecular flexibility index (Phi) is 2.49. The zero-order valence-electron chi connectivity index (χ0n) is 10.4. The minimum Gasteiger partial charge on any atom is -0.311 e. The van der Waals surface area contributed by atoms with Crippen LogP contribution < -0.4 is 4.90 Å². The summed E-state index contributed by atoms with van der Waals surface area (Å²) in [6.07, 6.45) is 2.81. The van der Waals surface area contributed by atoms with Gasteiger partial charge in [0.1, 0.15) is 0 Å². The van der Waals surface area contributed by atoms with Crippen LogP contribution in [0.25, 0.3) is 0 Å². The van der Waals surface area contributed by atoms with Gasteiger partial charge in [0.05, 0.1) is 11.6 Å². The molecule has 96 valence electrons. The molecule has 0 aromatic carbocycles. The van der Waals surface area contributed by atoms with Crippen molar-refractivity contribution in [3.8, 4) is 0 Å². The molecule has 0 bridgehead atoms. The average Bonchev–Trinajstić information content (AvgIpc) is 2.79. The summed E-state index contributed by atoms with van der Waals surface area (Å²) < 4.78 is 0. The monoisotopic (exact) mass is 262 g/mol. The molecule has 1 aromatic heterocycles. The Morgan fingerprint density at radius 1 is 1.28 bits per heavy atom. The summed E-state index contributed by atoms with van der Waals surface area (Å²) >= 11 is 1.67. The van der Waals surface area contributed by atoms with E-state index >= 15 is 0 Å². The first-order chi connectivity index (χ1) is 8.81. The maximum atomic E-state index is 12.4. The van der Waals surface area contributed by atoms with Crippen LogP contribution in [0.15, 0.2) is 16.8 Å². The molecule has 2 atom stereocenters. The van der Waals surface area contributed by atoms with Crippen LogP contribution in [0.5, 0.6) is 0 Å². The van der Waals surface area contributed by atoms with E-state index in [2.05, 4.69) is 21.7 Å². The topological polar surface area (TPSA) is 23.6 Å². The Morgan fingerprint density at radius 2 is 2.17 bits per heavy atom. The third-order valence-corrected chi connectivity index (χ3v) is 5.22. The number of carbonyl (C=O) groups excluding carboxylic acids is 1. The third-order valence-electron chi connectivity index (χ3n) is 4.55. The fourth-order valence-electron chi connectivity index (χ4n) is 3.41. The number of carbonyl (C=O) groups is 1. The Balaban J connectivity index is 1.46. The van der Waals surface area contributed by atoms with Crippen molar-refractivity contribution in [1.82, 2.24) is 4.90 Å². The SMILES string of the molecule is O=C1[C@H]2CN(CC3CC3)C[C@H]2CN1c1ccsc1. The Labute approximate surface area is 111 Å². The summed E-state index contributed by atoms with van der Waals surface area (Å²) in [7, 11) is 0. The standard InChI is InChI=1S/C14H18N2OS/c17-14-13-8-15(5-10-1-2-10)6-11(13)7-16(14)12-3-4-18-9-12/h3-4,9-11,13H,1-2,5-8H2/t11-,13-/m0/s1. The lowest BCUT2D eigenvalue weighted by molar-refractivity contribution is -0.120. The van der Waals surface area contributed by atoms with E-state index in [-0.39, 0.29) is 5.92 Å². The number of nitrogens with zero attached hydrogens (tertiary/aromatic N) is 2. The van der Waals surface area contributed by atoms with Crippen LogP contribution in [0.4, 0.5) is 5.69 Å². The van der Waals surface area contributed by atoms with Gasteiger partial charge in [0.2, 0.25) is 5.91 Å². The van der Waals surface area contributed by atoms with E-state index in [1.807, 2.05) is 4.90 Å². The number of amides is 1. The maximum absolute atomic E-state index is 12.4. The molecular weight excluding hydrogens is 244 g/mol. The number of rotatable bonds is 3. The van der Waals surface area contributed by atoms with Gasteiger partial charge in [0.15, 0.2) is 0 Å². The Morgan fingerprint density at radius 3 is 2.83 bits per heavy atom. The van der Waals surface area contributed by atoms with E-state index in [0.29, 0.717) is 11.8 Å². The highest BCUT2D eigenvalue weighted by Crippen LogP contribution is 2.38. The van der Waals surface area contributed by atoms with Gasteiger partial charge in [-0.1, -0.05) is 0 Å². The average molecular weight is 262 g/mol. The highest BCUT2D eigenvalue weighted by atomic mass is 32.1. The second kappa shape index (κ2) is 4.07. The van der Waals surface area contributed by atoms with Gasteiger partial charge in [0, 0.05) is 37.5 Å². The van der Waals surface area contributed by atoms with Crippen LogP contribution in [0.2, 0.25) is 0 Å². The van der Waals surface area contributed by atoms with Crippen LogP contribution in [0.3, 0.4) is 0 Å². The molecule has 0 N–H and O–H groups in total. The quantitative estimate of drug-likeness (QED) is 0.832. The Bertz CT molecular complexity index is 454. The normalized spacial score (nSPS) is 32.2. The highest BCUT2D eigenvalue weighted by molar-refractivity contribution is 7.08. The molecule has 4 rings (SSSR count). The fraction of sp³-hybridized carbons (Fsp3) is 0.643. The van der Waals surface area contributed by atoms with Crippen LogP contribution in [-0.4, -0.2) is 37.0 Å². The van der Waals surface area contributed by atoms with Gasteiger partial charge in [-0.15, -0.1) is 0 Å². The number of likely N-dealkylation sites (tertiary alicyclic amines) is 1. The Hall–Kier alpha value is -0.870. The van der Waals surface area contributed by atoms with E-state index in [9.17, 15) is 4.79 Å². The molecule has 1 saturated carbocycles. The van der Waals surface area contributed by atoms with Crippen LogP contribution >= 0.6 is 11.3 Å². The van der Waals surface area contributed by atoms with Gasteiger partial charge in [0.25, 0.3) is 0 Å². The van der Waals surface area contributed by atoms with Gasteiger partial charge < -0.3 is 9.80 Å². The van der Waals surface area contributed by atoms with Crippen molar-refractivity contribution in [2.24, 2.45) is 17.8 Å². The zero-order chi connectivity index (χ0) is 12.1. The minimum absolute atomic E-state index is 0.267. The van der Waals surface area contributed by atoms with E-state index in [1.165, 1.54) is 19.4 Å². The van der Waals surface area contributed by atoms with E-state index in [1.54, 1.807) is 11.3 Å². The second-order valence-corrected chi connectivity index (χ2v) is 6.74. The number of hydrogen-bond donors (Lipinski definition) is 0. The lowest BCUT2D eigenvalue weighted by Crippen LogP contribution is -2.33. The zero-order valence-corrected chi connectivity index (χ0v) is 11.2. The molecule has 1 aromatic rings. The molecule has 2 aliphatic heterocycles. The second-order valence-electron chi connectivity index (χ2n) is 5.96. The van der Waals surface area contributed by atoms with Crippen molar-refractivity contribution in [3.05, 3.63) is 16.8 Å². The van der Waals surface area contributed by atoms with Crippen LogP contribution in [0, 0.1) is 17.8 Å². The smallest absolute Gasteiger partial charge is 0.231 e. The molecule has 0 radical (unpaired) electrons. The van der Waals surface area contributed by atoms with Crippen molar-refractivity contribution < 1.29 is 4.79 Å². The summed E-state index contributed by atoms with van der Waals surface area (Å²) in [6, 6.07) is 2.06. The number of anilines is 1. The molecule has 3 heterocycles. The third kappa shape index (κ3) is 1.79. The van der Waals surface area contributed by atoms with Gasteiger partial charge in [-0.25, -0.2) is 0 Å². The van der Waals surface area contributed by atoms with E-state index in [0.717, 1.165) is 31.2 Å². The summed E-state index contributed by atoms with van der Waals surface area (Å²) in [5, 5.41) is 4.14. The summed E-state index contributed by atoms with van der Waals surface area (Å²) in [6.45, 7) is 4.30. The molecule has 3 nitrogen and oxygen atoms in total. The predicted molar refractivity (Wildman–Crippen MR) is 72.8 cm³/mol. The number of fused-ring (bicyclic) bond motifs is 1. The number of hydrogen-bond acceptors (Lipinski definition) is 3. The first-order valence-electron chi connectivity index (χ1n) is 6.87. The summed E-state index contributed by atoms with van der Waals surface area (Å²) in [5.74, 6) is 2.13. The van der Waals surface area contributed by atoms with Gasteiger partial charge in [-0.3, -0.25) is 4.79 Å². The van der Waals surface area contributed by atoms with Crippen molar-refractivity contribution in [1.29, 1.82) is 0 Å². The van der Waals surface area contributed by atoms with Gasteiger partial charge >= 0.3 is 0 Å². The molecular formula is C14H18N2OS. The first kappa shape index (κ1) is 11.0. The molecule has 2 saturated heterocycles. The number of thiophene rings is 1. The van der Waals surface area contributed by atoms with E-state index < -0.39 is 0 Å². The molecule has 4 heteroatoms. The van der Waals surface area contributed by atoms with Crippen LogP contribution in [0.1, 0.15) is 12.8 Å². The minimum atomic E-state index is 0.267. The molecule has 1 amide bonds.